The quantitative estimate of drug-likeness (QED) is 0.860. The predicted molar refractivity (Wildman–Crippen MR) is 62.8 cm³/mol. The molecule has 0 aromatic carbocycles. The van der Waals surface area contributed by atoms with E-state index in [9.17, 15) is 0 Å². The van der Waals surface area contributed by atoms with Gasteiger partial charge in [0.25, 0.3) is 0 Å². The molecule has 15 heavy (non-hydrogen) atoms. The van der Waals surface area contributed by atoms with Gasteiger partial charge < -0.3 is 5.32 Å². The summed E-state index contributed by atoms with van der Waals surface area (Å²) in [6, 6.07) is 5.95. The van der Waals surface area contributed by atoms with Gasteiger partial charge in [0, 0.05) is 12.7 Å². The topological polar surface area (TPSA) is 37.8 Å². The van der Waals surface area contributed by atoms with Gasteiger partial charge >= 0.3 is 0 Å². The maximum absolute atomic E-state index is 4.49. The Morgan fingerprint density at radius 3 is 2.93 bits per heavy atom. The maximum atomic E-state index is 4.49. The van der Waals surface area contributed by atoms with Crippen LogP contribution in [0.5, 0.6) is 0 Å². The van der Waals surface area contributed by atoms with E-state index in [-0.39, 0.29) is 0 Å². The van der Waals surface area contributed by atoms with Crippen LogP contribution < -0.4 is 5.32 Å². The molecule has 0 aliphatic heterocycles. The molecule has 0 atom stereocenters. The van der Waals surface area contributed by atoms with E-state index in [0.717, 1.165) is 22.9 Å². The van der Waals surface area contributed by atoms with Gasteiger partial charge in [-0.05, 0) is 26.1 Å². The normalized spacial score (nSPS) is 10.5. The zero-order valence-electron chi connectivity index (χ0n) is 8.82. The van der Waals surface area contributed by atoms with Gasteiger partial charge in [-0.2, -0.15) is 0 Å². The van der Waals surface area contributed by atoms with E-state index in [1.807, 2.05) is 38.4 Å². The monoisotopic (exact) mass is 219 g/mol. The molecule has 0 saturated carbocycles. The average Bonchev–Trinajstić information content (AvgIpc) is 2.62. The Balaban J connectivity index is 2.43. The molecule has 78 valence electrons. The molecular weight excluding hydrogens is 206 g/mol. The third-order valence-corrected chi connectivity index (χ3v) is 3.08. The van der Waals surface area contributed by atoms with E-state index in [1.165, 1.54) is 4.88 Å². The van der Waals surface area contributed by atoms with Gasteiger partial charge in [0.1, 0.15) is 0 Å². The van der Waals surface area contributed by atoms with E-state index in [1.54, 1.807) is 11.3 Å². The molecule has 3 nitrogen and oxygen atoms in total. The highest BCUT2D eigenvalue weighted by Crippen LogP contribution is 2.28. The van der Waals surface area contributed by atoms with Gasteiger partial charge in [-0.3, -0.25) is 4.98 Å². The molecule has 0 bridgehead atoms. The summed E-state index contributed by atoms with van der Waals surface area (Å²) in [4.78, 5) is 10.0. The Morgan fingerprint density at radius 1 is 1.40 bits per heavy atom. The first-order valence-electron chi connectivity index (χ1n) is 4.83. The van der Waals surface area contributed by atoms with Gasteiger partial charge in [-0.1, -0.05) is 6.07 Å². The fourth-order valence-electron chi connectivity index (χ4n) is 1.45. The van der Waals surface area contributed by atoms with Gasteiger partial charge in [-0.25, -0.2) is 4.98 Å². The molecule has 0 amide bonds. The lowest BCUT2D eigenvalue weighted by molar-refractivity contribution is 0.796. The largest absolute Gasteiger partial charge is 0.314 e. The lowest BCUT2D eigenvalue weighted by Crippen LogP contribution is -2.06. The highest BCUT2D eigenvalue weighted by Gasteiger charge is 2.10. The molecule has 0 unspecified atom stereocenters. The Labute approximate surface area is 93.2 Å². The number of thiazole rings is 1. The summed E-state index contributed by atoms with van der Waals surface area (Å²) < 4.78 is 0. The second-order valence-electron chi connectivity index (χ2n) is 3.25. The van der Waals surface area contributed by atoms with Crippen LogP contribution in [0.25, 0.3) is 10.6 Å². The van der Waals surface area contributed by atoms with Crippen molar-refractivity contribution in [3.05, 3.63) is 35.1 Å². The minimum atomic E-state index is 0.788. The summed E-state index contributed by atoms with van der Waals surface area (Å²) in [6.07, 6.45) is 1.81. The van der Waals surface area contributed by atoms with Crippen LogP contribution in [0.1, 0.15) is 10.7 Å². The first kappa shape index (κ1) is 10.3. The minimum Gasteiger partial charge on any atom is -0.314 e. The number of aromatic nitrogens is 2. The van der Waals surface area contributed by atoms with Crippen LogP contribution in [0.2, 0.25) is 0 Å². The molecule has 1 N–H and O–H groups in total. The van der Waals surface area contributed by atoms with Crippen LogP contribution in [-0.2, 0) is 6.54 Å². The summed E-state index contributed by atoms with van der Waals surface area (Å²) in [6.45, 7) is 2.81. The summed E-state index contributed by atoms with van der Waals surface area (Å²) >= 11 is 1.69. The van der Waals surface area contributed by atoms with Crippen molar-refractivity contribution >= 4 is 11.3 Å². The van der Waals surface area contributed by atoms with Crippen molar-refractivity contribution in [2.24, 2.45) is 0 Å². The van der Waals surface area contributed by atoms with E-state index in [2.05, 4.69) is 15.3 Å². The van der Waals surface area contributed by atoms with Gasteiger partial charge in [0.05, 0.1) is 21.3 Å². The fraction of sp³-hybridized carbons (Fsp3) is 0.273. The summed E-state index contributed by atoms with van der Waals surface area (Å²) in [5.41, 5.74) is 2.09. The summed E-state index contributed by atoms with van der Waals surface area (Å²) in [5.74, 6) is 0. The van der Waals surface area contributed by atoms with Crippen molar-refractivity contribution in [1.82, 2.24) is 15.3 Å². The molecular formula is C11H13N3S. The molecule has 0 radical (unpaired) electrons. The lowest BCUT2D eigenvalue weighted by Gasteiger charge is -1.99. The first-order valence-corrected chi connectivity index (χ1v) is 5.65. The number of pyridine rings is 1. The summed E-state index contributed by atoms with van der Waals surface area (Å²) in [7, 11) is 1.93. The molecule has 2 aromatic rings. The first-order chi connectivity index (χ1) is 7.31. The van der Waals surface area contributed by atoms with Crippen LogP contribution in [-0.4, -0.2) is 17.0 Å². The van der Waals surface area contributed by atoms with Crippen molar-refractivity contribution in [2.45, 2.75) is 13.5 Å². The molecule has 2 heterocycles. The smallest absolute Gasteiger partial charge is 0.0905 e. The number of hydrogen-bond donors (Lipinski definition) is 1. The van der Waals surface area contributed by atoms with Gasteiger partial charge in [0.15, 0.2) is 0 Å². The van der Waals surface area contributed by atoms with Crippen molar-refractivity contribution in [3.63, 3.8) is 0 Å². The number of aryl methyl sites for hydroxylation is 1. The second-order valence-corrected chi connectivity index (χ2v) is 4.46. The van der Waals surface area contributed by atoms with Gasteiger partial charge in [-0.15, -0.1) is 11.3 Å². The van der Waals surface area contributed by atoms with Gasteiger partial charge in [0.2, 0.25) is 0 Å². The van der Waals surface area contributed by atoms with Crippen LogP contribution in [0, 0.1) is 6.92 Å². The Bertz CT molecular complexity index is 436. The standard InChI is InChI=1S/C11H13N3S/c1-8-14-10(7-12-2)11(15-8)9-5-3-4-6-13-9/h3-6,12H,7H2,1-2H3. The third-order valence-electron chi connectivity index (χ3n) is 2.05. The summed E-state index contributed by atoms with van der Waals surface area (Å²) in [5, 5.41) is 4.21. The molecule has 0 aliphatic carbocycles. The highest BCUT2D eigenvalue weighted by molar-refractivity contribution is 7.15. The second kappa shape index (κ2) is 4.51. The van der Waals surface area contributed by atoms with E-state index < -0.39 is 0 Å². The molecule has 0 spiro atoms. The predicted octanol–water partition coefficient (Wildman–Crippen LogP) is 2.23. The highest BCUT2D eigenvalue weighted by atomic mass is 32.1. The number of hydrogen-bond acceptors (Lipinski definition) is 4. The van der Waals surface area contributed by atoms with Crippen molar-refractivity contribution in [2.75, 3.05) is 7.05 Å². The van der Waals surface area contributed by atoms with Crippen molar-refractivity contribution in [1.29, 1.82) is 0 Å². The molecule has 2 rings (SSSR count). The van der Waals surface area contributed by atoms with Crippen molar-refractivity contribution < 1.29 is 0 Å². The molecule has 0 saturated heterocycles. The number of nitrogens with one attached hydrogen (secondary N) is 1. The molecule has 2 aromatic heterocycles. The lowest BCUT2D eigenvalue weighted by atomic mass is 10.2. The molecule has 0 aliphatic rings. The number of nitrogens with zero attached hydrogens (tertiary/aromatic N) is 2. The van der Waals surface area contributed by atoms with E-state index >= 15 is 0 Å². The SMILES string of the molecule is CNCc1nc(C)sc1-c1ccccn1. The average molecular weight is 219 g/mol. The maximum Gasteiger partial charge on any atom is 0.0905 e. The fourth-order valence-corrected chi connectivity index (χ4v) is 2.37. The molecule has 4 heteroatoms. The Kier molecular flexibility index (Phi) is 3.08. The van der Waals surface area contributed by atoms with Crippen molar-refractivity contribution in [3.8, 4) is 10.6 Å². The van der Waals surface area contributed by atoms with Crippen LogP contribution in [0.4, 0.5) is 0 Å². The van der Waals surface area contributed by atoms with Crippen LogP contribution in [0.15, 0.2) is 24.4 Å². The zero-order chi connectivity index (χ0) is 10.7. The Hall–Kier alpha value is -1.26. The van der Waals surface area contributed by atoms with Crippen LogP contribution >= 0.6 is 11.3 Å². The number of rotatable bonds is 3. The third kappa shape index (κ3) is 2.22. The van der Waals surface area contributed by atoms with Crippen LogP contribution in [0.3, 0.4) is 0 Å². The Morgan fingerprint density at radius 2 is 2.27 bits per heavy atom. The van der Waals surface area contributed by atoms with E-state index in [4.69, 9.17) is 0 Å². The zero-order valence-corrected chi connectivity index (χ0v) is 9.64. The van der Waals surface area contributed by atoms with E-state index in [0.29, 0.717) is 0 Å². The minimum absolute atomic E-state index is 0.788. The molecule has 0 fully saturated rings.